The van der Waals surface area contributed by atoms with Crippen LogP contribution in [0.5, 0.6) is 0 Å². The topological polar surface area (TPSA) is 138 Å². The van der Waals surface area contributed by atoms with E-state index in [0.717, 1.165) is 35.7 Å². The van der Waals surface area contributed by atoms with Crippen molar-refractivity contribution >= 4 is 51.4 Å². The number of carbonyl (C=O) groups excluding carboxylic acids is 4. The number of benzene rings is 1. The average molecular weight is 590 g/mol. The van der Waals surface area contributed by atoms with Crippen LogP contribution < -0.4 is 16.4 Å². The van der Waals surface area contributed by atoms with Gasteiger partial charge in [-0.15, -0.1) is 0 Å². The molecule has 5 N–H and O–H groups in total. The monoisotopic (exact) mass is 588 g/mol. The highest BCUT2D eigenvalue weighted by Gasteiger charge is 2.24. The van der Waals surface area contributed by atoms with Crippen molar-refractivity contribution in [3.63, 3.8) is 0 Å². The van der Waals surface area contributed by atoms with E-state index in [1.807, 2.05) is 38.1 Å². The van der Waals surface area contributed by atoms with Gasteiger partial charge in [-0.2, -0.15) is 11.8 Å². The van der Waals surface area contributed by atoms with E-state index in [4.69, 9.17) is 9.47 Å². The summed E-state index contributed by atoms with van der Waals surface area (Å²) in [5.41, 5.74) is 4.86. The van der Waals surface area contributed by atoms with Gasteiger partial charge in [-0.05, 0) is 30.5 Å². The summed E-state index contributed by atoms with van der Waals surface area (Å²) in [4.78, 5) is 49.1. The van der Waals surface area contributed by atoms with Crippen molar-refractivity contribution in [1.29, 1.82) is 0 Å². The van der Waals surface area contributed by atoms with Gasteiger partial charge in [0.1, 0.15) is 12.6 Å². The van der Waals surface area contributed by atoms with Gasteiger partial charge in [0.2, 0.25) is 11.8 Å². The van der Waals surface area contributed by atoms with Gasteiger partial charge in [0, 0.05) is 28.8 Å². The highest BCUT2D eigenvalue weighted by molar-refractivity contribution is 9.10. The van der Waals surface area contributed by atoms with Crippen LogP contribution in [-0.4, -0.2) is 61.3 Å². The van der Waals surface area contributed by atoms with Crippen LogP contribution in [0.4, 0.5) is 0 Å². The maximum absolute atomic E-state index is 12.8. The lowest BCUT2D eigenvalue weighted by molar-refractivity contribution is -0.409. The van der Waals surface area contributed by atoms with E-state index in [2.05, 4.69) is 32.3 Å². The molecule has 0 bridgehead atoms. The molecule has 0 aliphatic heterocycles. The minimum atomic E-state index is -0.846. The molecular weight excluding hydrogens is 550 g/mol. The van der Waals surface area contributed by atoms with Crippen LogP contribution in [0.3, 0.4) is 0 Å². The standard InChI is InChI=1S/C25H38BrN3O6S/c1-3-5-13-34-23(31)15-28-24(32)21(17-36-16-18-7-9-19(26)10-8-18)29-22(30)12-11-20(27)25(33)35-14-6-4-2/h7-10,20-21H,3-6,11-17,27H2,1-2H3,(H,28,32)(H,29,30)/p+1. The minimum absolute atomic E-state index is 0.0251. The molecule has 2 amide bonds. The molecule has 0 aromatic heterocycles. The largest absolute Gasteiger partial charge is 0.464 e. The first-order valence-electron chi connectivity index (χ1n) is 12.3. The van der Waals surface area contributed by atoms with Crippen molar-refractivity contribution in [2.24, 2.45) is 0 Å². The number of thioether (sulfide) groups is 1. The van der Waals surface area contributed by atoms with Crippen LogP contribution in [0.1, 0.15) is 57.9 Å². The number of hydrogen-bond donors (Lipinski definition) is 3. The fraction of sp³-hybridized carbons (Fsp3) is 0.600. The Morgan fingerprint density at radius 1 is 1.03 bits per heavy atom. The number of carbonyl (C=O) groups is 4. The van der Waals surface area contributed by atoms with E-state index in [1.165, 1.54) is 11.8 Å². The molecule has 0 saturated heterocycles. The normalized spacial score (nSPS) is 12.3. The molecule has 0 aliphatic carbocycles. The molecule has 11 heteroatoms. The summed E-state index contributed by atoms with van der Waals surface area (Å²) in [5.74, 6) is -0.839. The molecule has 1 rings (SSSR count). The van der Waals surface area contributed by atoms with Crippen molar-refractivity contribution in [2.75, 3.05) is 25.5 Å². The highest BCUT2D eigenvalue weighted by Crippen LogP contribution is 2.17. The van der Waals surface area contributed by atoms with Crippen LogP contribution in [-0.2, 0) is 34.4 Å². The van der Waals surface area contributed by atoms with Crippen LogP contribution in [0.25, 0.3) is 0 Å². The van der Waals surface area contributed by atoms with Gasteiger partial charge in [0.05, 0.1) is 13.2 Å². The van der Waals surface area contributed by atoms with Gasteiger partial charge >= 0.3 is 11.9 Å². The van der Waals surface area contributed by atoms with Crippen molar-refractivity contribution in [3.8, 4) is 0 Å². The molecule has 1 aromatic carbocycles. The smallest absolute Gasteiger partial charge is 0.364 e. The zero-order valence-electron chi connectivity index (χ0n) is 21.2. The molecule has 0 heterocycles. The third-order valence-corrected chi connectivity index (χ3v) is 6.72. The molecule has 0 aliphatic rings. The Morgan fingerprint density at radius 2 is 1.67 bits per heavy atom. The summed E-state index contributed by atoms with van der Waals surface area (Å²) < 4.78 is 11.2. The second-order valence-electron chi connectivity index (χ2n) is 8.31. The maximum atomic E-state index is 12.8. The molecule has 2 unspecified atom stereocenters. The first kappa shape index (κ1) is 31.9. The predicted octanol–water partition coefficient (Wildman–Crippen LogP) is 2.36. The van der Waals surface area contributed by atoms with E-state index in [0.29, 0.717) is 24.7 Å². The molecule has 2 atom stereocenters. The summed E-state index contributed by atoms with van der Waals surface area (Å²) >= 11 is 4.89. The Morgan fingerprint density at radius 3 is 2.31 bits per heavy atom. The van der Waals surface area contributed by atoms with Crippen molar-refractivity contribution < 1.29 is 34.4 Å². The van der Waals surface area contributed by atoms with Crippen molar-refractivity contribution in [2.45, 2.75) is 70.2 Å². The maximum Gasteiger partial charge on any atom is 0.364 e. The van der Waals surface area contributed by atoms with Gasteiger partial charge < -0.3 is 25.8 Å². The third-order valence-electron chi connectivity index (χ3n) is 5.08. The van der Waals surface area contributed by atoms with Gasteiger partial charge in [-0.25, -0.2) is 4.79 Å². The van der Waals surface area contributed by atoms with E-state index in [1.54, 1.807) is 0 Å². The number of amides is 2. The van der Waals surface area contributed by atoms with E-state index in [9.17, 15) is 19.2 Å². The first-order chi connectivity index (χ1) is 17.3. The highest BCUT2D eigenvalue weighted by atomic mass is 79.9. The molecule has 0 radical (unpaired) electrons. The fourth-order valence-corrected chi connectivity index (χ4v) is 4.13. The Bertz CT molecular complexity index is 825. The van der Waals surface area contributed by atoms with Gasteiger partial charge in [0.15, 0.2) is 6.04 Å². The quantitative estimate of drug-likeness (QED) is 0.177. The lowest BCUT2D eigenvalue weighted by Gasteiger charge is -2.18. The second-order valence-corrected chi connectivity index (χ2v) is 10.3. The molecule has 202 valence electrons. The van der Waals surface area contributed by atoms with E-state index >= 15 is 0 Å². The van der Waals surface area contributed by atoms with E-state index < -0.39 is 29.9 Å². The van der Waals surface area contributed by atoms with Crippen molar-refractivity contribution in [1.82, 2.24) is 10.6 Å². The van der Waals surface area contributed by atoms with Crippen LogP contribution in [0, 0.1) is 0 Å². The number of ether oxygens (including phenoxy) is 2. The second kappa shape index (κ2) is 19.1. The number of halogens is 1. The van der Waals surface area contributed by atoms with E-state index in [-0.39, 0.29) is 25.3 Å². The zero-order valence-corrected chi connectivity index (χ0v) is 23.6. The first-order valence-corrected chi connectivity index (χ1v) is 14.3. The van der Waals surface area contributed by atoms with Gasteiger partial charge in [-0.1, -0.05) is 54.8 Å². The van der Waals surface area contributed by atoms with Gasteiger partial charge in [-0.3, -0.25) is 14.4 Å². The molecule has 36 heavy (non-hydrogen) atoms. The van der Waals surface area contributed by atoms with Gasteiger partial charge in [0.25, 0.3) is 0 Å². The zero-order chi connectivity index (χ0) is 26.8. The summed E-state index contributed by atoms with van der Waals surface area (Å²) in [6, 6.07) is 6.32. The van der Waals surface area contributed by atoms with Crippen LogP contribution >= 0.6 is 27.7 Å². The lowest BCUT2D eigenvalue weighted by Crippen LogP contribution is -2.65. The third kappa shape index (κ3) is 14.4. The Labute approximate surface area is 226 Å². The number of unbranched alkanes of at least 4 members (excludes halogenated alkanes) is 2. The molecule has 0 spiro atoms. The molecule has 0 saturated carbocycles. The van der Waals surface area contributed by atoms with Crippen LogP contribution in [0.2, 0.25) is 0 Å². The molecule has 9 nitrogen and oxygen atoms in total. The number of hydrogen-bond acceptors (Lipinski definition) is 7. The Hall–Kier alpha value is -2.11. The predicted molar refractivity (Wildman–Crippen MR) is 143 cm³/mol. The van der Waals surface area contributed by atoms with Crippen molar-refractivity contribution in [3.05, 3.63) is 34.3 Å². The fourth-order valence-electron chi connectivity index (χ4n) is 2.85. The molecule has 1 aromatic rings. The number of nitrogens with one attached hydrogen (secondary N) is 2. The average Bonchev–Trinajstić information content (AvgIpc) is 2.86. The summed E-state index contributed by atoms with van der Waals surface area (Å²) in [6.45, 7) is 4.37. The number of esters is 2. The van der Waals surface area contributed by atoms with Crippen LogP contribution in [0.15, 0.2) is 28.7 Å². The number of rotatable bonds is 18. The molecule has 0 fully saturated rings. The number of quaternary nitrogens is 1. The Kier molecular flexibility index (Phi) is 16.9. The summed E-state index contributed by atoms with van der Waals surface area (Å²) in [5, 5.41) is 5.27. The lowest BCUT2D eigenvalue weighted by atomic mass is 10.1. The summed E-state index contributed by atoms with van der Waals surface area (Å²) in [6.07, 6.45) is 3.58. The summed E-state index contributed by atoms with van der Waals surface area (Å²) in [7, 11) is 0. The SMILES string of the molecule is CCCCOC(=O)CNC(=O)C(CSCc1ccc(Br)cc1)NC(=O)CCC([NH3+])C(=O)OCCCC. The minimum Gasteiger partial charge on any atom is -0.464 e. The Balaban J connectivity index is 2.61. The molecular formula is C25H39BrN3O6S+.